The molecular weight excluding hydrogens is 256 g/mol. The van der Waals surface area contributed by atoms with Gasteiger partial charge in [0, 0.05) is 19.7 Å². The van der Waals surface area contributed by atoms with Gasteiger partial charge in [-0.1, -0.05) is 11.3 Å². The molecule has 98 valence electrons. The van der Waals surface area contributed by atoms with Crippen LogP contribution >= 0.6 is 11.3 Å². The van der Waals surface area contributed by atoms with Crippen LogP contribution in [0, 0.1) is 0 Å². The molecule has 0 fully saturated rings. The van der Waals surface area contributed by atoms with Gasteiger partial charge in [-0.25, -0.2) is 0 Å². The third-order valence-electron chi connectivity index (χ3n) is 2.43. The van der Waals surface area contributed by atoms with Gasteiger partial charge in [0.2, 0.25) is 0 Å². The van der Waals surface area contributed by atoms with E-state index >= 15 is 0 Å². The first-order valence-electron chi connectivity index (χ1n) is 5.52. The Morgan fingerprint density at radius 1 is 1.50 bits per heavy atom. The second kappa shape index (κ2) is 5.36. The lowest BCUT2D eigenvalue weighted by atomic mass is 10.4. The van der Waals surface area contributed by atoms with Crippen LogP contribution in [-0.2, 0) is 11.3 Å². The Balaban J connectivity index is 2.43. The van der Waals surface area contributed by atoms with E-state index in [1.165, 1.54) is 22.0 Å². The summed E-state index contributed by atoms with van der Waals surface area (Å²) in [5.74, 6) is -0.0567. The molecule has 2 aromatic heterocycles. The first kappa shape index (κ1) is 12.8. The number of nitrogens with zero attached hydrogens (tertiary/aromatic N) is 2. The number of thiazole rings is 1. The van der Waals surface area contributed by atoms with Gasteiger partial charge < -0.3 is 14.6 Å². The van der Waals surface area contributed by atoms with Gasteiger partial charge in [0.05, 0.1) is 6.61 Å². The number of pyridine rings is 1. The molecule has 6 nitrogen and oxygen atoms in total. The van der Waals surface area contributed by atoms with E-state index in [4.69, 9.17) is 9.47 Å². The highest BCUT2D eigenvalue weighted by Crippen LogP contribution is 2.32. The molecule has 0 amide bonds. The Morgan fingerprint density at radius 3 is 2.94 bits per heavy atom. The standard InChI is InChI=1S/C11H14N2O4S/c1-3-13-8(15)6-7(14)9-10(13)12-11(18-9)17-5-4-16-2/h6,14H,3-5H2,1-2H3. The van der Waals surface area contributed by atoms with Gasteiger partial charge in [0.25, 0.3) is 10.8 Å². The Labute approximate surface area is 107 Å². The minimum atomic E-state index is -0.267. The van der Waals surface area contributed by atoms with Crippen molar-refractivity contribution in [3.63, 3.8) is 0 Å². The van der Waals surface area contributed by atoms with Gasteiger partial charge in [0.1, 0.15) is 17.1 Å². The van der Waals surface area contributed by atoms with Crippen molar-refractivity contribution in [3.8, 4) is 10.9 Å². The highest BCUT2D eigenvalue weighted by Gasteiger charge is 2.14. The first-order chi connectivity index (χ1) is 8.67. The van der Waals surface area contributed by atoms with Crippen LogP contribution in [0.25, 0.3) is 10.3 Å². The van der Waals surface area contributed by atoms with Crippen LogP contribution < -0.4 is 10.3 Å². The summed E-state index contributed by atoms with van der Waals surface area (Å²) in [4.78, 5) is 15.9. The third kappa shape index (κ3) is 2.32. The Morgan fingerprint density at radius 2 is 2.28 bits per heavy atom. The number of methoxy groups -OCH3 is 1. The van der Waals surface area contributed by atoms with Crippen molar-refractivity contribution in [1.29, 1.82) is 0 Å². The molecule has 2 rings (SSSR count). The molecular formula is C11H14N2O4S. The molecule has 0 saturated heterocycles. The molecule has 2 aromatic rings. The average molecular weight is 270 g/mol. The summed E-state index contributed by atoms with van der Waals surface area (Å²) >= 11 is 1.21. The Hall–Kier alpha value is -1.60. The zero-order chi connectivity index (χ0) is 13.1. The lowest BCUT2D eigenvalue weighted by Gasteiger charge is -2.02. The number of fused-ring (bicyclic) bond motifs is 1. The third-order valence-corrected chi connectivity index (χ3v) is 3.41. The summed E-state index contributed by atoms with van der Waals surface area (Å²) in [6, 6.07) is 1.20. The normalized spacial score (nSPS) is 11.0. The van der Waals surface area contributed by atoms with E-state index in [0.29, 0.717) is 35.3 Å². The van der Waals surface area contributed by atoms with Crippen molar-refractivity contribution in [2.24, 2.45) is 0 Å². The van der Waals surface area contributed by atoms with Crippen LogP contribution in [0.5, 0.6) is 10.9 Å². The van der Waals surface area contributed by atoms with E-state index in [-0.39, 0.29) is 11.3 Å². The maximum absolute atomic E-state index is 11.7. The SMILES string of the molecule is CCn1c(=O)cc(O)c2sc(OCCOC)nc21. The van der Waals surface area contributed by atoms with Crippen LogP contribution in [0.2, 0.25) is 0 Å². The zero-order valence-electron chi connectivity index (χ0n) is 10.2. The zero-order valence-corrected chi connectivity index (χ0v) is 11.0. The number of aryl methyl sites for hydroxylation is 1. The molecule has 0 atom stereocenters. The van der Waals surface area contributed by atoms with E-state index in [2.05, 4.69) is 4.98 Å². The number of hydrogen-bond donors (Lipinski definition) is 1. The monoisotopic (exact) mass is 270 g/mol. The largest absolute Gasteiger partial charge is 0.506 e. The maximum atomic E-state index is 11.7. The van der Waals surface area contributed by atoms with Crippen LogP contribution in [0.3, 0.4) is 0 Å². The van der Waals surface area contributed by atoms with Crippen molar-refractivity contribution in [3.05, 3.63) is 16.4 Å². The van der Waals surface area contributed by atoms with Gasteiger partial charge in [-0.05, 0) is 6.92 Å². The van der Waals surface area contributed by atoms with E-state index in [1.807, 2.05) is 6.92 Å². The molecule has 0 unspecified atom stereocenters. The molecule has 0 aliphatic heterocycles. The number of hydrogen-bond acceptors (Lipinski definition) is 6. The van der Waals surface area contributed by atoms with E-state index in [9.17, 15) is 9.90 Å². The van der Waals surface area contributed by atoms with Crippen LogP contribution in [0.4, 0.5) is 0 Å². The van der Waals surface area contributed by atoms with Gasteiger partial charge in [-0.2, -0.15) is 4.98 Å². The first-order valence-corrected chi connectivity index (χ1v) is 6.34. The highest BCUT2D eigenvalue weighted by atomic mass is 32.1. The minimum absolute atomic E-state index is 0.0567. The fraction of sp³-hybridized carbons (Fsp3) is 0.455. The molecule has 0 aromatic carbocycles. The molecule has 1 N–H and O–H groups in total. The van der Waals surface area contributed by atoms with Gasteiger partial charge in [-0.15, -0.1) is 0 Å². The topological polar surface area (TPSA) is 73.6 Å². The lowest BCUT2D eigenvalue weighted by Crippen LogP contribution is -2.18. The quantitative estimate of drug-likeness (QED) is 0.827. The number of aromatic nitrogens is 2. The van der Waals surface area contributed by atoms with E-state index in [1.54, 1.807) is 7.11 Å². The molecule has 0 aliphatic carbocycles. The Bertz CT molecular complexity index is 605. The summed E-state index contributed by atoms with van der Waals surface area (Å²) in [7, 11) is 1.59. The van der Waals surface area contributed by atoms with Crippen molar-refractivity contribution in [2.45, 2.75) is 13.5 Å². The fourth-order valence-corrected chi connectivity index (χ4v) is 2.45. The molecule has 2 heterocycles. The molecule has 0 bridgehead atoms. The van der Waals surface area contributed by atoms with Crippen molar-refractivity contribution < 1.29 is 14.6 Å². The molecule has 18 heavy (non-hydrogen) atoms. The predicted octanol–water partition coefficient (Wildman–Crippen LogP) is 1.21. The fourth-order valence-electron chi connectivity index (χ4n) is 1.59. The van der Waals surface area contributed by atoms with Gasteiger partial charge >= 0.3 is 0 Å². The summed E-state index contributed by atoms with van der Waals surface area (Å²) in [6.45, 7) is 3.19. The average Bonchev–Trinajstić information content (AvgIpc) is 2.74. The van der Waals surface area contributed by atoms with Crippen LogP contribution in [-0.4, -0.2) is 35.0 Å². The number of ether oxygens (including phenoxy) is 2. The minimum Gasteiger partial charge on any atom is -0.506 e. The van der Waals surface area contributed by atoms with Gasteiger partial charge in [0.15, 0.2) is 5.65 Å². The van der Waals surface area contributed by atoms with Crippen molar-refractivity contribution >= 4 is 21.7 Å². The van der Waals surface area contributed by atoms with Gasteiger partial charge in [-0.3, -0.25) is 9.36 Å². The molecule has 0 aliphatic rings. The van der Waals surface area contributed by atoms with Crippen molar-refractivity contribution in [2.75, 3.05) is 20.3 Å². The highest BCUT2D eigenvalue weighted by molar-refractivity contribution is 7.20. The van der Waals surface area contributed by atoms with Crippen LogP contribution in [0.1, 0.15) is 6.92 Å². The Kier molecular flexibility index (Phi) is 3.83. The summed E-state index contributed by atoms with van der Waals surface area (Å²) in [5, 5.41) is 10.2. The van der Waals surface area contributed by atoms with E-state index < -0.39 is 0 Å². The summed E-state index contributed by atoms with van der Waals surface area (Å²) in [6.07, 6.45) is 0. The van der Waals surface area contributed by atoms with E-state index in [0.717, 1.165) is 0 Å². The maximum Gasteiger partial charge on any atom is 0.276 e. The summed E-state index contributed by atoms with van der Waals surface area (Å²) in [5.41, 5.74) is 0.191. The smallest absolute Gasteiger partial charge is 0.276 e. The second-order valence-electron chi connectivity index (χ2n) is 3.59. The predicted molar refractivity (Wildman–Crippen MR) is 68.6 cm³/mol. The molecule has 0 spiro atoms. The second-order valence-corrected chi connectivity index (χ2v) is 4.55. The molecule has 0 radical (unpaired) electrons. The molecule has 7 heteroatoms. The van der Waals surface area contributed by atoms with Crippen LogP contribution in [0.15, 0.2) is 10.9 Å². The summed E-state index contributed by atoms with van der Waals surface area (Å²) < 4.78 is 12.3. The molecule has 0 saturated carbocycles. The van der Waals surface area contributed by atoms with Crippen molar-refractivity contribution in [1.82, 2.24) is 9.55 Å². The number of aromatic hydroxyl groups is 1. The lowest BCUT2D eigenvalue weighted by molar-refractivity contribution is 0.146. The number of rotatable bonds is 5.